The fraction of sp³-hybridized carbons (Fsp3) is 0.400. The molecule has 2 aromatic rings. The third kappa shape index (κ3) is 4.81. The summed E-state index contributed by atoms with van der Waals surface area (Å²) in [5.41, 5.74) is 0.280. The molecule has 1 fully saturated rings. The SMILES string of the molecule is CN1CC[C@H](c2ccc([N+](=O)[O-])cc2)[C@@H](COc2cccc(C(F)(F)F)c2)C1. The Hall–Kier alpha value is -2.61. The van der Waals surface area contributed by atoms with Gasteiger partial charge in [0.2, 0.25) is 0 Å². The molecule has 1 heterocycles. The molecule has 2 atom stereocenters. The molecule has 0 unspecified atom stereocenters. The van der Waals surface area contributed by atoms with E-state index < -0.39 is 16.7 Å². The molecule has 0 radical (unpaired) electrons. The van der Waals surface area contributed by atoms with E-state index in [0.717, 1.165) is 37.2 Å². The van der Waals surface area contributed by atoms with Crippen LogP contribution in [0, 0.1) is 16.0 Å². The molecular weight excluding hydrogens is 373 g/mol. The highest BCUT2D eigenvalue weighted by Gasteiger charge is 2.32. The number of non-ortho nitro benzene ring substituents is 1. The highest BCUT2D eigenvalue weighted by atomic mass is 19.4. The molecule has 0 spiro atoms. The summed E-state index contributed by atoms with van der Waals surface area (Å²) in [7, 11) is 1.99. The maximum absolute atomic E-state index is 12.9. The number of piperidine rings is 1. The van der Waals surface area contributed by atoms with Crippen LogP contribution in [0.5, 0.6) is 5.75 Å². The summed E-state index contributed by atoms with van der Waals surface area (Å²) in [5.74, 6) is 0.378. The zero-order valence-corrected chi connectivity index (χ0v) is 15.4. The Morgan fingerprint density at radius 2 is 1.93 bits per heavy atom. The molecule has 2 aromatic carbocycles. The number of nitro groups is 1. The van der Waals surface area contributed by atoms with E-state index in [1.807, 2.05) is 7.05 Å². The second-order valence-corrected chi connectivity index (χ2v) is 7.10. The molecule has 5 nitrogen and oxygen atoms in total. The van der Waals surface area contributed by atoms with Crippen molar-refractivity contribution in [2.75, 3.05) is 26.7 Å². The van der Waals surface area contributed by atoms with Gasteiger partial charge in [0.25, 0.3) is 5.69 Å². The number of halogens is 3. The molecule has 1 saturated heterocycles. The largest absolute Gasteiger partial charge is 0.493 e. The third-order valence-electron chi connectivity index (χ3n) is 5.09. The molecule has 1 aliphatic rings. The van der Waals surface area contributed by atoms with E-state index in [-0.39, 0.29) is 29.9 Å². The summed E-state index contributed by atoms with van der Waals surface area (Å²) in [6.45, 7) is 1.88. The highest BCUT2D eigenvalue weighted by Crippen LogP contribution is 2.35. The number of ether oxygens (including phenoxy) is 1. The minimum absolute atomic E-state index is 0.0356. The summed E-state index contributed by atoms with van der Waals surface area (Å²) in [6.07, 6.45) is -3.56. The predicted molar refractivity (Wildman–Crippen MR) is 98.4 cm³/mol. The van der Waals surface area contributed by atoms with Crippen LogP contribution in [0.3, 0.4) is 0 Å². The van der Waals surface area contributed by atoms with Gasteiger partial charge >= 0.3 is 6.18 Å². The Morgan fingerprint density at radius 3 is 2.57 bits per heavy atom. The first kappa shape index (κ1) is 20.1. The zero-order valence-electron chi connectivity index (χ0n) is 15.4. The summed E-state index contributed by atoms with van der Waals surface area (Å²) in [5, 5.41) is 10.9. The minimum atomic E-state index is -4.41. The average molecular weight is 394 g/mol. The van der Waals surface area contributed by atoms with Gasteiger partial charge in [0, 0.05) is 24.6 Å². The van der Waals surface area contributed by atoms with E-state index in [4.69, 9.17) is 4.74 Å². The molecule has 0 bridgehead atoms. The zero-order chi connectivity index (χ0) is 20.3. The molecule has 0 aliphatic carbocycles. The van der Waals surface area contributed by atoms with Crippen molar-refractivity contribution >= 4 is 5.69 Å². The van der Waals surface area contributed by atoms with E-state index in [9.17, 15) is 23.3 Å². The Balaban J connectivity index is 1.73. The van der Waals surface area contributed by atoms with E-state index in [2.05, 4.69) is 4.90 Å². The standard InChI is InChI=1S/C20H21F3N2O3/c1-24-10-9-19(14-5-7-17(8-6-14)25(26)27)15(12-24)13-28-18-4-2-3-16(11-18)20(21,22)23/h2-8,11,15,19H,9-10,12-13H2,1H3/t15-,19-/m1/s1. The molecule has 28 heavy (non-hydrogen) atoms. The first-order valence-electron chi connectivity index (χ1n) is 8.97. The maximum atomic E-state index is 12.9. The molecule has 8 heteroatoms. The lowest BCUT2D eigenvalue weighted by Crippen LogP contribution is -2.39. The summed E-state index contributed by atoms with van der Waals surface area (Å²) < 4.78 is 44.3. The lowest BCUT2D eigenvalue weighted by atomic mass is 9.81. The third-order valence-corrected chi connectivity index (χ3v) is 5.09. The molecular formula is C20H21F3N2O3. The number of likely N-dealkylation sites (tertiary alicyclic amines) is 1. The van der Waals surface area contributed by atoms with Crippen molar-refractivity contribution in [3.63, 3.8) is 0 Å². The Morgan fingerprint density at radius 1 is 1.21 bits per heavy atom. The number of nitrogens with zero attached hydrogens (tertiary/aromatic N) is 2. The van der Waals surface area contributed by atoms with Crippen LogP contribution >= 0.6 is 0 Å². The maximum Gasteiger partial charge on any atom is 0.416 e. The van der Waals surface area contributed by atoms with Gasteiger partial charge in [-0.1, -0.05) is 18.2 Å². The van der Waals surface area contributed by atoms with Crippen molar-refractivity contribution in [3.05, 3.63) is 69.8 Å². The summed E-state index contributed by atoms with van der Waals surface area (Å²) >= 11 is 0. The second kappa shape index (κ2) is 8.18. The van der Waals surface area contributed by atoms with Gasteiger partial charge in [0.05, 0.1) is 17.1 Å². The summed E-state index contributed by atoms with van der Waals surface area (Å²) in [4.78, 5) is 12.6. The monoisotopic (exact) mass is 394 g/mol. The van der Waals surface area contributed by atoms with Gasteiger partial charge in [-0.25, -0.2) is 0 Å². The molecule has 0 amide bonds. The topological polar surface area (TPSA) is 55.6 Å². The van der Waals surface area contributed by atoms with Gasteiger partial charge in [-0.2, -0.15) is 13.2 Å². The number of benzene rings is 2. The molecule has 3 rings (SSSR count). The van der Waals surface area contributed by atoms with Crippen LogP contribution in [0.2, 0.25) is 0 Å². The Labute approximate surface area is 160 Å². The number of hydrogen-bond donors (Lipinski definition) is 0. The lowest BCUT2D eigenvalue weighted by Gasteiger charge is -2.37. The molecule has 1 aliphatic heterocycles. The first-order chi connectivity index (χ1) is 13.2. The van der Waals surface area contributed by atoms with Gasteiger partial charge < -0.3 is 9.64 Å². The van der Waals surface area contributed by atoms with Crippen molar-refractivity contribution in [2.24, 2.45) is 5.92 Å². The van der Waals surface area contributed by atoms with E-state index >= 15 is 0 Å². The van der Waals surface area contributed by atoms with Crippen molar-refractivity contribution < 1.29 is 22.8 Å². The van der Waals surface area contributed by atoms with Crippen molar-refractivity contribution in [3.8, 4) is 5.75 Å². The molecule has 0 saturated carbocycles. The molecule has 150 valence electrons. The number of hydrogen-bond acceptors (Lipinski definition) is 4. The molecule has 0 aromatic heterocycles. The second-order valence-electron chi connectivity index (χ2n) is 7.10. The van der Waals surface area contributed by atoms with E-state index in [1.165, 1.54) is 24.3 Å². The van der Waals surface area contributed by atoms with E-state index in [0.29, 0.717) is 0 Å². The number of rotatable bonds is 5. The fourth-order valence-corrected chi connectivity index (χ4v) is 3.63. The quantitative estimate of drug-likeness (QED) is 0.544. The van der Waals surface area contributed by atoms with E-state index in [1.54, 1.807) is 12.1 Å². The van der Waals surface area contributed by atoms with Crippen molar-refractivity contribution in [2.45, 2.75) is 18.5 Å². The highest BCUT2D eigenvalue weighted by molar-refractivity contribution is 5.35. The van der Waals surface area contributed by atoms with Crippen LogP contribution in [-0.4, -0.2) is 36.6 Å². The fourth-order valence-electron chi connectivity index (χ4n) is 3.63. The lowest BCUT2D eigenvalue weighted by molar-refractivity contribution is -0.384. The van der Waals surface area contributed by atoms with Crippen LogP contribution in [0.25, 0.3) is 0 Å². The minimum Gasteiger partial charge on any atom is -0.493 e. The number of nitro benzene ring substituents is 1. The van der Waals surface area contributed by atoms with Gasteiger partial charge in [-0.3, -0.25) is 10.1 Å². The van der Waals surface area contributed by atoms with Crippen molar-refractivity contribution in [1.29, 1.82) is 0 Å². The normalized spacial score (nSPS) is 20.7. The predicted octanol–water partition coefficient (Wildman–Crippen LogP) is 4.73. The van der Waals surface area contributed by atoms with Crippen LogP contribution in [0.1, 0.15) is 23.5 Å². The van der Waals surface area contributed by atoms with Gasteiger partial charge in [0.15, 0.2) is 0 Å². The molecule has 0 N–H and O–H groups in total. The smallest absolute Gasteiger partial charge is 0.416 e. The van der Waals surface area contributed by atoms with Crippen LogP contribution in [0.4, 0.5) is 18.9 Å². The average Bonchev–Trinajstić information content (AvgIpc) is 2.66. The Kier molecular flexibility index (Phi) is 5.88. The van der Waals surface area contributed by atoms with Crippen LogP contribution in [-0.2, 0) is 6.18 Å². The van der Waals surface area contributed by atoms with Gasteiger partial charge in [-0.05, 0) is 49.7 Å². The van der Waals surface area contributed by atoms with Gasteiger partial charge in [-0.15, -0.1) is 0 Å². The first-order valence-corrected chi connectivity index (χ1v) is 8.97. The van der Waals surface area contributed by atoms with Crippen LogP contribution in [0.15, 0.2) is 48.5 Å². The Bertz CT molecular complexity index is 824. The summed E-state index contributed by atoms with van der Waals surface area (Å²) in [6, 6.07) is 11.4. The van der Waals surface area contributed by atoms with Crippen LogP contribution < -0.4 is 4.74 Å². The number of alkyl halides is 3. The van der Waals surface area contributed by atoms with Crippen molar-refractivity contribution in [1.82, 2.24) is 4.90 Å². The van der Waals surface area contributed by atoms with Gasteiger partial charge in [0.1, 0.15) is 5.75 Å².